The number of hydrogen-bond acceptors (Lipinski definition) is 1. The molecule has 0 heterocycles. The van der Waals surface area contributed by atoms with Gasteiger partial charge in [0, 0.05) is 0 Å². The number of hydrogen-bond donors (Lipinski definition) is 0. The first-order valence-corrected chi connectivity index (χ1v) is 5.39. The monoisotopic (exact) mass is 194 g/mol. The Morgan fingerprint density at radius 2 is 1.47 bits per heavy atom. The Kier molecular flexibility index (Phi) is 1.17. The minimum atomic E-state index is 0.0543. The zero-order valence-electron chi connectivity index (χ0n) is 8.23. The summed E-state index contributed by atoms with van der Waals surface area (Å²) >= 11 is 0. The first-order valence-electron chi connectivity index (χ1n) is 5.39. The molecule has 0 aromatic carbocycles. The van der Waals surface area contributed by atoms with E-state index in [9.17, 15) is 4.79 Å². The average molecular weight is 194 g/mol. The second kappa shape index (κ2) is 2.30. The van der Waals surface area contributed by atoms with Crippen molar-refractivity contribution < 1.29 is 4.79 Å². The lowest BCUT2D eigenvalue weighted by Crippen LogP contribution is -2.18. The van der Waals surface area contributed by atoms with Gasteiger partial charge in [0.1, 0.15) is 0 Å². The van der Waals surface area contributed by atoms with E-state index in [2.05, 4.69) is 12.2 Å². The maximum Gasteiger partial charge on any atom is 0.155 e. The van der Waals surface area contributed by atoms with Gasteiger partial charge in [-0.2, -0.15) is 0 Å². The molecule has 0 N–H and O–H groups in total. The van der Waals surface area contributed by atoms with E-state index in [0.717, 1.165) is 6.42 Å². The van der Waals surface area contributed by atoms with Gasteiger partial charge >= 0.3 is 0 Å². The lowest BCUT2D eigenvalue weighted by molar-refractivity contribution is -0.121. The van der Waals surface area contributed by atoms with Gasteiger partial charge in [-0.05, 0) is 28.7 Å². The van der Waals surface area contributed by atoms with Crippen LogP contribution in [-0.2, 0) is 4.79 Å². The zero-order chi connectivity index (χ0) is 9.99. The fraction of sp³-hybridized carbons (Fsp3) is 0.214. The van der Waals surface area contributed by atoms with Crippen molar-refractivity contribution in [3.8, 4) is 0 Å². The average Bonchev–Trinajstić information content (AvgIpc) is 2.77. The molecular weight excluding hydrogens is 184 g/mol. The molecule has 1 heteroatoms. The second-order valence-electron chi connectivity index (χ2n) is 4.52. The Bertz CT molecular complexity index is 492. The van der Waals surface area contributed by atoms with Crippen LogP contribution in [0.1, 0.15) is 6.42 Å². The van der Waals surface area contributed by atoms with Gasteiger partial charge < -0.3 is 0 Å². The summed E-state index contributed by atoms with van der Waals surface area (Å²) in [7, 11) is 0. The Labute approximate surface area is 88.2 Å². The highest BCUT2D eigenvalue weighted by atomic mass is 16.1. The largest absolute Gasteiger partial charge is 0.298 e. The molecule has 0 spiro atoms. The molecule has 0 saturated carbocycles. The zero-order valence-corrected chi connectivity index (χ0v) is 8.23. The Hall–Kier alpha value is -1.63. The summed E-state index contributed by atoms with van der Waals surface area (Å²) in [6, 6.07) is 0. The summed E-state index contributed by atoms with van der Waals surface area (Å²) in [5, 5.41) is 0. The van der Waals surface area contributed by atoms with Crippen LogP contribution in [0, 0.1) is 11.8 Å². The maximum absolute atomic E-state index is 12.1. The molecule has 4 rings (SSSR count). The van der Waals surface area contributed by atoms with E-state index in [4.69, 9.17) is 0 Å². The number of allylic oxidation sites excluding steroid dienone is 10. The number of Topliss-reactive ketones (excluding diaryl/α,β-unsaturated/α-hetero) is 1. The van der Waals surface area contributed by atoms with E-state index in [1.807, 2.05) is 24.3 Å². The van der Waals surface area contributed by atoms with Crippen LogP contribution in [0.15, 0.2) is 58.7 Å². The van der Waals surface area contributed by atoms with Crippen LogP contribution in [0.25, 0.3) is 0 Å². The van der Waals surface area contributed by atoms with Crippen LogP contribution in [0.2, 0.25) is 0 Å². The van der Waals surface area contributed by atoms with Crippen molar-refractivity contribution in [2.24, 2.45) is 11.8 Å². The van der Waals surface area contributed by atoms with Crippen LogP contribution in [0.4, 0.5) is 0 Å². The summed E-state index contributed by atoms with van der Waals surface area (Å²) in [6.07, 6.45) is 13.5. The Balaban J connectivity index is 2.06. The van der Waals surface area contributed by atoms with E-state index in [1.165, 1.54) is 22.3 Å². The minimum Gasteiger partial charge on any atom is -0.298 e. The minimum absolute atomic E-state index is 0.0543. The van der Waals surface area contributed by atoms with Crippen molar-refractivity contribution in [3.05, 3.63) is 58.7 Å². The molecule has 15 heavy (non-hydrogen) atoms. The molecule has 72 valence electrons. The SMILES string of the molecule is O=C1[C@H]2C=CC=C3CC4=CC=C[C@@H]1C4=C32. The molecular formula is C14H10O. The summed E-state index contributed by atoms with van der Waals surface area (Å²) in [5.41, 5.74) is 5.37. The summed E-state index contributed by atoms with van der Waals surface area (Å²) in [5.74, 6) is 0.473. The predicted molar refractivity (Wildman–Crippen MR) is 58.1 cm³/mol. The smallest absolute Gasteiger partial charge is 0.155 e. The van der Waals surface area contributed by atoms with Crippen LogP contribution in [-0.4, -0.2) is 5.78 Å². The van der Waals surface area contributed by atoms with Crippen molar-refractivity contribution in [1.29, 1.82) is 0 Å². The van der Waals surface area contributed by atoms with Gasteiger partial charge in [0.05, 0.1) is 11.8 Å². The first kappa shape index (κ1) is 7.63. The molecule has 0 aromatic rings. The molecule has 0 fully saturated rings. The third kappa shape index (κ3) is 0.741. The fourth-order valence-corrected chi connectivity index (χ4v) is 3.20. The Morgan fingerprint density at radius 1 is 0.933 bits per heavy atom. The van der Waals surface area contributed by atoms with Gasteiger partial charge in [-0.1, -0.05) is 36.5 Å². The molecule has 0 aliphatic heterocycles. The topological polar surface area (TPSA) is 17.1 Å². The maximum atomic E-state index is 12.1. The third-order valence-electron chi connectivity index (χ3n) is 3.80. The highest BCUT2D eigenvalue weighted by Crippen LogP contribution is 2.52. The van der Waals surface area contributed by atoms with E-state index in [1.54, 1.807) is 0 Å². The molecule has 2 atom stereocenters. The lowest BCUT2D eigenvalue weighted by Gasteiger charge is -2.17. The van der Waals surface area contributed by atoms with Crippen molar-refractivity contribution in [2.75, 3.05) is 0 Å². The van der Waals surface area contributed by atoms with Gasteiger partial charge in [-0.15, -0.1) is 0 Å². The van der Waals surface area contributed by atoms with Gasteiger partial charge in [0.15, 0.2) is 5.78 Å². The molecule has 4 aliphatic carbocycles. The van der Waals surface area contributed by atoms with E-state index < -0.39 is 0 Å². The van der Waals surface area contributed by atoms with E-state index in [-0.39, 0.29) is 11.8 Å². The third-order valence-corrected chi connectivity index (χ3v) is 3.80. The van der Waals surface area contributed by atoms with Crippen LogP contribution in [0.5, 0.6) is 0 Å². The number of rotatable bonds is 0. The molecule has 0 unspecified atom stereocenters. The molecule has 0 bridgehead atoms. The van der Waals surface area contributed by atoms with E-state index >= 15 is 0 Å². The highest BCUT2D eigenvalue weighted by molar-refractivity contribution is 6.00. The van der Waals surface area contributed by atoms with Gasteiger partial charge in [-0.25, -0.2) is 0 Å². The van der Waals surface area contributed by atoms with Crippen LogP contribution < -0.4 is 0 Å². The van der Waals surface area contributed by atoms with Gasteiger partial charge in [-0.3, -0.25) is 4.79 Å². The second-order valence-corrected chi connectivity index (χ2v) is 4.52. The summed E-state index contributed by atoms with van der Waals surface area (Å²) < 4.78 is 0. The van der Waals surface area contributed by atoms with E-state index in [0.29, 0.717) is 5.78 Å². The van der Waals surface area contributed by atoms with Gasteiger partial charge in [0.2, 0.25) is 0 Å². The predicted octanol–water partition coefficient (Wildman–Crippen LogP) is 2.49. The molecule has 4 aliphatic rings. The first-order chi connectivity index (χ1) is 7.36. The summed E-state index contributed by atoms with van der Waals surface area (Å²) in [6.45, 7) is 0. The summed E-state index contributed by atoms with van der Waals surface area (Å²) in [4.78, 5) is 12.1. The van der Waals surface area contributed by atoms with Crippen molar-refractivity contribution in [3.63, 3.8) is 0 Å². The van der Waals surface area contributed by atoms with Crippen molar-refractivity contribution >= 4 is 5.78 Å². The molecule has 1 nitrogen and oxygen atoms in total. The highest BCUT2D eigenvalue weighted by Gasteiger charge is 2.45. The quantitative estimate of drug-likeness (QED) is 0.579. The molecule has 0 radical (unpaired) electrons. The van der Waals surface area contributed by atoms with Gasteiger partial charge in [0.25, 0.3) is 0 Å². The number of carbonyl (C=O) groups excluding carboxylic acids is 1. The van der Waals surface area contributed by atoms with Crippen molar-refractivity contribution in [1.82, 2.24) is 0 Å². The van der Waals surface area contributed by atoms with Crippen LogP contribution in [0.3, 0.4) is 0 Å². The van der Waals surface area contributed by atoms with Crippen molar-refractivity contribution in [2.45, 2.75) is 6.42 Å². The molecule has 0 aromatic heterocycles. The normalized spacial score (nSPS) is 34.5. The molecule has 0 saturated heterocycles. The Morgan fingerprint density at radius 3 is 2.00 bits per heavy atom. The standard InChI is InChI=1S/C14H10O/c15-14-10-5-1-3-8-7-9-4-2-6-11(14)13(9)12(8)10/h1-6,10-11H,7H2/t10-,11+. The number of carbonyl (C=O) groups is 1. The molecule has 0 amide bonds. The lowest BCUT2D eigenvalue weighted by atomic mass is 9.85. The fourth-order valence-electron chi connectivity index (χ4n) is 3.20. The van der Waals surface area contributed by atoms with Crippen LogP contribution >= 0.6 is 0 Å². The number of ketones is 1.